The van der Waals surface area contributed by atoms with Gasteiger partial charge in [0.25, 0.3) is 0 Å². The molecule has 0 bridgehead atoms. The van der Waals surface area contributed by atoms with Crippen molar-refractivity contribution >= 4 is 10.8 Å². The zero-order valence-corrected chi connectivity index (χ0v) is 10.8. The first-order chi connectivity index (χ1) is 8.06. The number of nitrogens with zero attached hydrogens (tertiary/aromatic N) is 1. The largest absolute Gasteiger partial charge is 0.312 e. The van der Waals surface area contributed by atoms with Crippen molar-refractivity contribution in [2.45, 2.75) is 32.7 Å². The maximum absolute atomic E-state index is 4.30. The zero-order chi connectivity index (χ0) is 12.3. The molecule has 2 rings (SSSR count). The molecule has 0 amide bonds. The number of hydrogen-bond donors (Lipinski definition) is 1. The second-order valence-electron chi connectivity index (χ2n) is 5.45. The number of benzene rings is 1. The number of fused-ring (bicyclic) bond motifs is 1. The lowest BCUT2D eigenvalue weighted by Gasteiger charge is -2.20. The van der Waals surface area contributed by atoms with Crippen LogP contribution in [-0.2, 0) is 6.42 Å². The number of nitrogens with one attached hydrogen (secondary N) is 1. The average Bonchev–Trinajstić information content (AvgIpc) is 2.28. The standard InChI is InChI=1S/C15H20N2/c1-15(2,3)17-9-8-13-11-16-10-12-6-4-5-7-14(12)13/h4-7,10-11,17H,8-9H2,1-3H3. The summed E-state index contributed by atoms with van der Waals surface area (Å²) < 4.78 is 0. The van der Waals surface area contributed by atoms with Crippen LogP contribution in [0.2, 0.25) is 0 Å². The molecule has 0 spiro atoms. The predicted molar refractivity (Wildman–Crippen MR) is 73.2 cm³/mol. The highest BCUT2D eigenvalue weighted by Crippen LogP contribution is 2.17. The van der Waals surface area contributed by atoms with Gasteiger partial charge in [-0.05, 0) is 44.7 Å². The van der Waals surface area contributed by atoms with Crippen LogP contribution in [0.3, 0.4) is 0 Å². The Morgan fingerprint density at radius 2 is 1.88 bits per heavy atom. The van der Waals surface area contributed by atoms with Crippen molar-refractivity contribution in [1.29, 1.82) is 0 Å². The molecule has 0 saturated heterocycles. The minimum atomic E-state index is 0.179. The summed E-state index contributed by atoms with van der Waals surface area (Å²) in [6, 6.07) is 8.43. The van der Waals surface area contributed by atoms with Crippen LogP contribution in [0.25, 0.3) is 10.8 Å². The van der Waals surface area contributed by atoms with Gasteiger partial charge in [0, 0.05) is 23.3 Å². The summed E-state index contributed by atoms with van der Waals surface area (Å²) in [6.45, 7) is 7.55. The van der Waals surface area contributed by atoms with Gasteiger partial charge in [0.2, 0.25) is 0 Å². The van der Waals surface area contributed by atoms with Crippen molar-refractivity contribution in [3.63, 3.8) is 0 Å². The van der Waals surface area contributed by atoms with E-state index in [1.165, 1.54) is 16.3 Å². The van der Waals surface area contributed by atoms with Crippen LogP contribution in [-0.4, -0.2) is 17.1 Å². The van der Waals surface area contributed by atoms with E-state index >= 15 is 0 Å². The van der Waals surface area contributed by atoms with Gasteiger partial charge in [-0.3, -0.25) is 4.98 Å². The van der Waals surface area contributed by atoms with Crippen molar-refractivity contribution in [2.75, 3.05) is 6.54 Å². The van der Waals surface area contributed by atoms with Crippen LogP contribution in [0.4, 0.5) is 0 Å². The molecule has 90 valence electrons. The first-order valence-electron chi connectivity index (χ1n) is 6.13. The average molecular weight is 228 g/mol. The van der Waals surface area contributed by atoms with Crippen LogP contribution in [0, 0.1) is 0 Å². The third-order valence-electron chi connectivity index (χ3n) is 2.80. The van der Waals surface area contributed by atoms with E-state index in [0.29, 0.717) is 0 Å². The Bertz CT molecular complexity index is 492. The summed E-state index contributed by atoms with van der Waals surface area (Å²) in [5, 5.41) is 6.05. The molecule has 1 aromatic heterocycles. The van der Waals surface area contributed by atoms with Crippen LogP contribution in [0.1, 0.15) is 26.3 Å². The van der Waals surface area contributed by atoms with Gasteiger partial charge in [0.05, 0.1) is 0 Å². The molecule has 17 heavy (non-hydrogen) atoms. The van der Waals surface area contributed by atoms with E-state index in [-0.39, 0.29) is 5.54 Å². The lowest BCUT2D eigenvalue weighted by atomic mass is 10.0. The molecule has 0 unspecified atom stereocenters. The van der Waals surface area contributed by atoms with E-state index in [2.05, 4.69) is 55.3 Å². The molecule has 2 nitrogen and oxygen atoms in total. The molecule has 0 aliphatic rings. The number of rotatable bonds is 3. The van der Waals surface area contributed by atoms with Gasteiger partial charge in [-0.15, -0.1) is 0 Å². The molecule has 0 atom stereocenters. The first-order valence-corrected chi connectivity index (χ1v) is 6.13. The summed E-state index contributed by atoms with van der Waals surface area (Å²) in [5.74, 6) is 0. The Hall–Kier alpha value is -1.41. The Labute approximate surface area is 103 Å². The summed E-state index contributed by atoms with van der Waals surface area (Å²) in [4.78, 5) is 4.30. The van der Waals surface area contributed by atoms with Crippen molar-refractivity contribution in [3.05, 3.63) is 42.2 Å². The monoisotopic (exact) mass is 228 g/mol. The molecule has 2 aromatic rings. The van der Waals surface area contributed by atoms with E-state index in [1.54, 1.807) is 0 Å². The molecule has 0 saturated carbocycles. The molecule has 0 fully saturated rings. The van der Waals surface area contributed by atoms with Crippen molar-refractivity contribution in [2.24, 2.45) is 0 Å². The Balaban J connectivity index is 2.13. The highest BCUT2D eigenvalue weighted by molar-refractivity contribution is 5.84. The minimum absolute atomic E-state index is 0.179. The summed E-state index contributed by atoms with van der Waals surface area (Å²) >= 11 is 0. The smallest absolute Gasteiger partial charge is 0.0346 e. The van der Waals surface area contributed by atoms with Crippen LogP contribution >= 0.6 is 0 Å². The third-order valence-corrected chi connectivity index (χ3v) is 2.80. The van der Waals surface area contributed by atoms with E-state index < -0.39 is 0 Å². The van der Waals surface area contributed by atoms with Crippen LogP contribution in [0.5, 0.6) is 0 Å². The predicted octanol–water partition coefficient (Wildman–Crippen LogP) is 3.17. The summed E-state index contributed by atoms with van der Waals surface area (Å²) in [7, 11) is 0. The molecule has 1 N–H and O–H groups in total. The lowest BCUT2D eigenvalue weighted by Crippen LogP contribution is -2.37. The second kappa shape index (κ2) is 4.84. The SMILES string of the molecule is CC(C)(C)NCCc1cncc2ccccc12. The molecular formula is C15H20N2. The molecule has 1 heterocycles. The second-order valence-corrected chi connectivity index (χ2v) is 5.45. The van der Waals surface area contributed by atoms with E-state index in [9.17, 15) is 0 Å². The molecular weight excluding hydrogens is 208 g/mol. The minimum Gasteiger partial charge on any atom is -0.312 e. The van der Waals surface area contributed by atoms with Gasteiger partial charge >= 0.3 is 0 Å². The molecule has 0 radical (unpaired) electrons. The lowest BCUT2D eigenvalue weighted by molar-refractivity contribution is 0.429. The fourth-order valence-corrected chi connectivity index (χ4v) is 1.95. The van der Waals surface area contributed by atoms with Crippen molar-refractivity contribution in [1.82, 2.24) is 10.3 Å². The highest BCUT2D eigenvalue weighted by atomic mass is 14.9. The third kappa shape index (κ3) is 3.27. The normalized spacial score (nSPS) is 11.9. The Kier molecular flexibility index (Phi) is 3.43. The maximum Gasteiger partial charge on any atom is 0.0346 e. The van der Waals surface area contributed by atoms with Gasteiger partial charge in [-0.1, -0.05) is 24.3 Å². The number of hydrogen-bond acceptors (Lipinski definition) is 2. The van der Waals surface area contributed by atoms with Crippen LogP contribution < -0.4 is 5.32 Å². The molecule has 0 aliphatic heterocycles. The Morgan fingerprint density at radius 3 is 2.65 bits per heavy atom. The number of aromatic nitrogens is 1. The van der Waals surface area contributed by atoms with Crippen LogP contribution in [0.15, 0.2) is 36.7 Å². The van der Waals surface area contributed by atoms with E-state index in [4.69, 9.17) is 0 Å². The van der Waals surface area contributed by atoms with E-state index in [0.717, 1.165) is 13.0 Å². The Morgan fingerprint density at radius 1 is 1.12 bits per heavy atom. The quantitative estimate of drug-likeness (QED) is 0.873. The van der Waals surface area contributed by atoms with E-state index in [1.807, 2.05) is 12.4 Å². The fourth-order valence-electron chi connectivity index (χ4n) is 1.95. The van der Waals surface area contributed by atoms with Gasteiger partial charge < -0.3 is 5.32 Å². The summed E-state index contributed by atoms with van der Waals surface area (Å²) in [5.41, 5.74) is 1.50. The number of pyridine rings is 1. The first kappa shape index (κ1) is 12.1. The van der Waals surface area contributed by atoms with Crippen molar-refractivity contribution in [3.8, 4) is 0 Å². The van der Waals surface area contributed by atoms with Gasteiger partial charge in [-0.25, -0.2) is 0 Å². The molecule has 1 aromatic carbocycles. The summed E-state index contributed by atoms with van der Waals surface area (Å²) in [6.07, 6.45) is 4.92. The topological polar surface area (TPSA) is 24.9 Å². The zero-order valence-electron chi connectivity index (χ0n) is 10.8. The van der Waals surface area contributed by atoms with Crippen molar-refractivity contribution < 1.29 is 0 Å². The fraction of sp³-hybridized carbons (Fsp3) is 0.400. The van der Waals surface area contributed by atoms with Gasteiger partial charge in [0.15, 0.2) is 0 Å². The highest BCUT2D eigenvalue weighted by Gasteiger charge is 2.08. The molecule has 2 heteroatoms. The maximum atomic E-state index is 4.30. The van der Waals surface area contributed by atoms with Gasteiger partial charge in [0.1, 0.15) is 0 Å². The van der Waals surface area contributed by atoms with Gasteiger partial charge in [-0.2, -0.15) is 0 Å². The molecule has 0 aliphatic carbocycles.